The summed E-state index contributed by atoms with van der Waals surface area (Å²) in [5, 5.41) is 2.68. The Morgan fingerprint density at radius 1 is 0.500 bits per heavy atom. The van der Waals surface area contributed by atoms with E-state index >= 15 is 0 Å². The third-order valence-electron chi connectivity index (χ3n) is 4.39. The van der Waals surface area contributed by atoms with E-state index in [0.717, 1.165) is 13.1 Å². The summed E-state index contributed by atoms with van der Waals surface area (Å²) in [7, 11) is -0.640. The summed E-state index contributed by atoms with van der Waals surface area (Å²) in [6, 6.07) is 21.5. The SMILES string of the molecule is c1ccc(P(c2ccccc2)N2CCOCCOCCOCCOCC2)cc1. The molecule has 0 aliphatic carbocycles. The van der Waals surface area contributed by atoms with E-state index in [4.69, 9.17) is 18.9 Å². The van der Waals surface area contributed by atoms with Crippen molar-refractivity contribution in [2.75, 3.05) is 65.9 Å². The Bertz CT molecular complexity index is 588. The van der Waals surface area contributed by atoms with Gasteiger partial charge in [0.1, 0.15) is 0 Å². The Morgan fingerprint density at radius 2 is 0.857 bits per heavy atom. The predicted molar refractivity (Wildman–Crippen MR) is 114 cm³/mol. The van der Waals surface area contributed by atoms with Crippen LogP contribution in [0.1, 0.15) is 0 Å². The van der Waals surface area contributed by atoms with Gasteiger partial charge in [0, 0.05) is 21.2 Å². The molecule has 1 aliphatic rings. The molecule has 6 heteroatoms. The highest BCUT2D eigenvalue weighted by atomic mass is 31.1. The first-order valence-corrected chi connectivity index (χ1v) is 11.2. The third-order valence-corrected chi connectivity index (χ3v) is 6.93. The lowest BCUT2D eigenvalue weighted by atomic mass is 10.4. The molecule has 0 spiro atoms. The van der Waals surface area contributed by atoms with Gasteiger partial charge in [0.25, 0.3) is 0 Å². The molecular weight excluding hydrogens is 373 g/mol. The van der Waals surface area contributed by atoms with Crippen LogP contribution in [-0.4, -0.2) is 70.6 Å². The van der Waals surface area contributed by atoms with Crippen LogP contribution >= 0.6 is 8.07 Å². The van der Waals surface area contributed by atoms with Crippen molar-refractivity contribution in [2.45, 2.75) is 0 Å². The molecule has 3 rings (SSSR count). The molecule has 0 amide bonds. The second-order valence-electron chi connectivity index (χ2n) is 6.39. The summed E-state index contributed by atoms with van der Waals surface area (Å²) in [6.07, 6.45) is 0. The average molecular weight is 403 g/mol. The monoisotopic (exact) mass is 403 g/mol. The molecule has 0 radical (unpaired) electrons. The summed E-state index contributed by atoms with van der Waals surface area (Å²) in [6.45, 7) is 6.70. The van der Waals surface area contributed by atoms with Crippen molar-refractivity contribution in [3.05, 3.63) is 60.7 Å². The number of rotatable bonds is 3. The normalized spacial score (nSPS) is 19.0. The van der Waals surface area contributed by atoms with Crippen LogP contribution in [0.15, 0.2) is 60.7 Å². The maximum absolute atomic E-state index is 5.82. The minimum atomic E-state index is -0.640. The van der Waals surface area contributed by atoms with Crippen LogP contribution in [-0.2, 0) is 18.9 Å². The van der Waals surface area contributed by atoms with Gasteiger partial charge in [-0.25, -0.2) is 0 Å². The van der Waals surface area contributed by atoms with Gasteiger partial charge in [0.05, 0.1) is 52.9 Å². The van der Waals surface area contributed by atoms with Gasteiger partial charge in [-0.1, -0.05) is 60.7 Å². The van der Waals surface area contributed by atoms with Gasteiger partial charge >= 0.3 is 0 Å². The van der Waals surface area contributed by atoms with Gasteiger partial charge in [0.15, 0.2) is 0 Å². The molecule has 1 saturated heterocycles. The fraction of sp³-hybridized carbons (Fsp3) is 0.455. The quantitative estimate of drug-likeness (QED) is 0.737. The van der Waals surface area contributed by atoms with Crippen molar-refractivity contribution < 1.29 is 18.9 Å². The van der Waals surface area contributed by atoms with Crippen LogP contribution in [0.4, 0.5) is 0 Å². The van der Waals surface area contributed by atoms with E-state index in [9.17, 15) is 0 Å². The van der Waals surface area contributed by atoms with E-state index in [1.807, 2.05) is 0 Å². The average Bonchev–Trinajstić information content (AvgIpc) is 2.76. The molecule has 2 aromatic rings. The van der Waals surface area contributed by atoms with Crippen molar-refractivity contribution >= 4 is 18.7 Å². The van der Waals surface area contributed by atoms with Crippen molar-refractivity contribution in [3.8, 4) is 0 Å². The van der Waals surface area contributed by atoms with Gasteiger partial charge in [-0.15, -0.1) is 0 Å². The summed E-state index contributed by atoms with van der Waals surface area (Å²) < 4.78 is 25.2. The lowest BCUT2D eigenvalue weighted by Gasteiger charge is -2.32. The Balaban J connectivity index is 1.74. The molecule has 2 aromatic carbocycles. The molecule has 1 fully saturated rings. The molecule has 0 unspecified atom stereocenters. The van der Waals surface area contributed by atoms with Gasteiger partial charge < -0.3 is 18.9 Å². The maximum atomic E-state index is 5.82. The van der Waals surface area contributed by atoms with E-state index in [1.165, 1.54) is 10.6 Å². The van der Waals surface area contributed by atoms with Crippen molar-refractivity contribution in [1.29, 1.82) is 0 Å². The summed E-state index contributed by atoms with van der Waals surface area (Å²) in [5.41, 5.74) is 0. The zero-order valence-corrected chi connectivity index (χ0v) is 17.3. The Kier molecular flexibility index (Phi) is 9.92. The molecular formula is C22H30NO4P. The highest BCUT2D eigenvalue weighted by Crippen LogP contribution is 2.37. The zero-order valence-electron chi connectivity index (χ0n) is 16.4. The number of hydrogen-bond donors (Lipinski definition) is 0. The van der Waals surface area contributed by atoms with Crippen LogP contribution < -0.4 is 10.6 Å². The van der Waals surface area contributed by atoms with Crippen LogP contribution in [0.3, 0.4) is 0 Å². The van der Waals surface area contributed by atoms with E-state index in [2.05, 4.69) is 65.3 Å². The minimum absolute atomic E-state index is 0.600. The molecule has 0 saturated carbocycles. The standard InChI is InChI=1S/C22H30NO4P/c1-3-7-21(8-4-1)28(22-9-5-2-6-10-22)23-11-13-24-15-17-26-19-20-27-18-16-25-14-12-23/h1-10H,11-20H2. The maximum Gasteiger partial charge on any atom is 0.0701 e. The fourth-order valence-electron chi connectivity index (χ4n) is 3.03. The smallest absolute Gasteiger partial charge is 0.0701 e. The van der Waals surface area contributed by atoms with Crippen LogP contribution in [0.25, 0.3) is 0 Å². The summed E-state index contributed by atoms with van der Waals surface area (Å²) in [4.78, 5) is 0. The molecule has 0 aromatic heterocycles. The van der Waals surface area contributed by atoms with Crippen molar-refractivity contribution in [2.24, 2.45) is 0 Å². The van der Waals surface area contributed by atoms with E-state index in [0.29, 0.717) is 52.9 Å². The minimum Gasteiger partial charge on any atom is -0.378 e. The largest absolute Gasteiger partial charge is 0.378 e. The van der Waals surface area contributed by atoms with Crippen molar-refractivity contribution in [1.82, 2.24) is 4.67 Å². The van der Waals surface area contributed by atoms with Gasteiger partial charge in [0.2, 0.25) is 0 Å². The van der Waals surface area contributed by atoms with Crippen LogP contribution in [0, 0.1) is 0 Å². The van der Waals surface area contributed by atoms with Gasteiger partial charge in [-0.2, -0.15) is 0 Å². The summed E-state index contributed by atoms with van der Waals surface area (Å²) in [5.74, 6) is 0. The first kappa shape index (κ1) is 21.4. The number of ether oxygens (including phenoxy) is 4. The predicted octanol–water partition coefficient (Wildman–Crippen LogP) is 2.42. The Hall–Kier alpha value is -1.33. The Labute approximate surface area is 169 Å². The highest BCUT2D eigenvalue weighted by Gasteiger charge is 2.22. The highest BCUT2D eigenvalue weighted by molar-refractivity contribution is 7.70. The molecule has 152 valence electrons. The van der Waals surface area contributed by atoms with Gasteiger partial charge in [-0.3, -0.25) is 4.67 Å². The molecule has 0 bridgehead atoms. The molecule has 0 atom stereocenters. The molecule has 0 N–H and O–H groups in total. The molecule has 1 heterocycles. The fourth-order valence-corrected chi connectivity index (χ4v) is 5.45. The topological polar surface area (TPSA) is 40.2 Å². The first-order valence-electron chi connectivity index (χ1n) is 9.91. The number of nitrogens with zero attached hydrogens (tertiary/aromatic N) is 1. The van der Waals surface area contributed by atoms with E-state index in [-0.39, 0.29) is 0 Å². The van der Waals surface area contributed by atoms with Crippen LogP contribution in [0.5, 0.6) is 0 Å². The van der Waals surface area contributed by atoms with Gasteiger partial charge in [-0.05, 0) is 10.6 Å². The lowest BCUT2D eigenvalue weighted by molar-refractivity contribution is 0.00206. The third kappa shape index (κ3) is 7.25. The Morgan fingerprint density at radius 3 is 1.25 bits per heavy atom. The zero-order chi connectivity index (χ0) is 19.3. The number of hydrogen-bond acceptors (Lipinski definition) is 5. The second-order valence-corrected chi connectivity index (χ2v) is 8.61. The molecule has 1 aliphatic heterocycles. The second kappa shape index (κ2) is 13.0. The number of benzene rings is 2. The lowest BCUT2D eigenvalue weighted by Crippen LogP contribution is -2.34. The first-order chi connectivity index (χ1) is 13.9. The molecule has 5 nitrogen and oxygen atoms in total. The van der Waals surface area contributed by atoms with Crippen molar-refractivity contribution in [3.63, 3.8) is 0 Å². The summed E-state index contributed by atoms with van der Waals surface area (Å²) >= 11 is 0. The van der Waals surface area contributed by atoms with E-state index < -0.39 is 8.07 Å². The van der Waals surface area contributed by atoms with E-state index in [1.54, 1.807) is 0 Å². The van der Waals surface area contributed by atoms with Crippen LogP contribution in [0.2, 0.25) is 0 Å². The molecule has 28 heavy (non-hydrogen) atoms.